The van der Waals surface area contributed by atoms with Crippen LogP contribution in [0.4, 0.5) is 0 Å². The Kier molecular flexibility index (Phi) is 4.10. The molecule has 0 bridgehead atoms. The number of amides is 1. The van der Waals surface area contributed by atoms with Crippen molar-refractivity contribution in [1.82, 2.24) is 4.90 Å². The molecule has 0 aromatic rings. The molecule has 0 aliphatic carbocycles. The molecule has 0 saturated carbocycles. The second-order valence-corrected chi connectivity index (χ2v) is 2.56. The van der Waals surface area contributed by atoms with E-state index in [-0.39, 0.29) is 11.7 Å². The first kappa shape index (κ1) is 10.7. The molecule has 1 unspecified atom stereocenters. The zero-order valence-corrected chi connectivity index (χ0v) is 7.74. The molecule has 0 N–H and O–H groups in total. The minimum atomic E-state index is -0.968. The number of nitrogens with zero attached hydrogens (tertiary/aromatic N) is 3. The summed E-state index contributed by atoms with van der Waals surface area (Å²) in [5.41, 5.74) is 0. The van der Waals surface area contributed by atoms with E-state index in [4.69, 9.17) is 0 Å². The maximum Gasteiger partial charge on any atom is 0.256 e. The summed E-state index contributed by atoms with van der Waals surface area (Å²) in [6.45, 7) is 1.32. The summed E-state index contributed by atoms with van der Waals surface area (Å²) < 4.78 is 0. The van der Waals surface area contributed by atoms with Crippen LogP contribution < -0.4 is 0 Å². The van der Waals surface area contributed by atoms with Crippen molar-refractivity contribution in [2.45, 2.75) is 13.0 Å². The fraction of sp³-hybridized carbons (Fsp3) is 0.714. The van der Waals surface area contributed by atoms with E-state index in [9.17, 15) is 9.59 Å². The number of likely N-dealkylation sites (N-methyl/N-ethyl adjacent to an activating group) is 1. The summed E-state index contributed by atoms with van der Waals surface area (Å²) in [7, 11) is 4.58. The number of azo groups is 1. The Labute approximate surface area is 71.5 Å². The maximum atomic E-state index is 11.2. The number of carbonyl (C=O) groups excluding carboxylic acids is 2. The molecule has 0 radical (unpaired) electrons. The minimum Gasteiger partial charge on any atom is -0.347 e. The Balaban J connectivity index is 4.52. The first-order valence-corrected chi connectivity index (χ1v) is 3.51. The average molecular weight is 171 g/mol. The predicted molar refractivity (Wildman–Crippen MR) is 43.9 cm³/mol. The second kappa shape index (κ2) is 4.58. The van der Waals surface area contributed by atoms with Crippen LogP contribution in [0, 0.1) is 0 Å². The predicted octanol–water partition coefficient (Wildman–Crippen LogP) is 0.114. The zero-order valence-electron chi connectivity index (χ0n) is 7.74. The van der Waals surface area contributed by atoms with E-state index < -0.39 is 6.04 Å². The van der Waals surface area contributed by atoms with Crippen molar-refractivity contribution in [3.05, 3.63) is 0 Å². The van der Waals surface area contributed by atoms with E-state index in [1.54, 1.807) is 14.1 Å². The standard InChI is InChI=1S/C7H13N3O2/c1-5(11)6(9-8-2)7(12)10(3)4/h6H,1-4H3. The van der Waals surface area contributed by atoms with Crippen molar-refractivity contribution < 1.29 is 9.59 Å². The number of rotatable bonds is 3. The third kappa shape index (κ3) is 2.77. The molecule has 0 rings (SSSR count). The van der Waals surface area contributed by atoms with Gasteiger partial charge in [-0.2, -0.15) is 10.2 Å². The van der Waals surface area contributed by atoms with Gasteiger partial charge in [0.2, 0.25) is 6.04 Å². The van der Waals surface area contributed by atoms with Crippen LogP contribution in [0.3, 0.4) is 0 Å². The first-order chi connectivity index (χ1) is 5.50. The summed E-state index contributed by atoms with van der Waals surface area (Å²) in [6, 6.07) is -0.968. The summed E-state index contributed by atoms with van der Waals surface area (Å²) in [5.74, 6) is -0.632. The highest BCUT2D eigenvalue weighted by Crippen LogP contribution is 1.98. The van der Waals surface area contributed by atoms with Gasteiger partial charge in [0.25, 0.3) is 5.91 Å². The molecule has 0 aromatic carbocycles. The number of ketones is 1. The van der Waals surface area contributed by atoms with Gasteiger partial charge in [-0.1, -0.05) is 0 Å². The average Bonchev–Trinajstić information content (AvgIpc) is 1.98. The van der Waals surface area contributed by atoms with Crippen LogP contribution in [-0.4, -0.2) is 43.8 Å². The van der Waals surface area contributed by atoms with E-state index in [1.807, 2.05) is 0 Å². The Morgan fingerprint density at radius 1 is 1.33 bits per heavy atom. The van der Waals surface area contributed by atoms with Gasteiger partial charge in [0, 0.05) is 21.1 Å². The molecule has 1 atom stereocenters. The molecule has 0 aliphatic heterocycles. The van der Waals surface area contributed by atoms with Gasteiger partial charge in [-0.15, -0.1) is 0 Å². The molecular formula is C7H13N3O2. The van der Waals surface area contributed by atoms with Gasteiger partial charge in [-0.05, 0) is 6.92 Å². The van der Waals surface area contributed by atoms with Gasteiger partial charge in [0.05, 0.1) is 0 Å². The van der Waals surface area contributed by atoms with Crippen LogP contribution in [0.15, 0.2) is 10.2 Å². The Morgan fingerprint density at radius 3 is 2.08 bits per heavy atom. The van der Waals surface area contributed by atoms with Crippen molar-refractivity contribution in [3.63, 3.8) is 0 Å². The van der Waals surface area contributed by atoms with Crippen molar-refractivity contribution in [2.24, 2.45) is 10.2 Å². The molecule has 1 amide bonds. The van der Waals surface area contributed by atoms with Crippen LogP contribution >= 0.6 is 0 Å². The molecule has 0 heterocycles. The lowest BCUT2D eigenvalue weighted by Crippen LogP contribution is -2.36. The highest BCUT2D eigenvalue weighted by molar-refractivity contribution is 6.04. The lowest BCUT2D eigenvalue weighted by atomic mass is 10.2. The van der Waals surface area contributed by atoms with Crippen LogP contribution in [0.2, 0.25) is 0 Å². The summed E-state index contributed by atoms with van der Waals surface area (Å²) >= 11 is 0. The lowest BCUT2D eigenvalue weighted by Gasteiger charge is -2.13. The summed E-state index contributed by atoms with van der Waals surface area (Å²) in [4.78, 5) is 23.4. The van der Waals surface area contributed by atoms with Crippen molar-refractivity contribution >= 4 is 11.7 Å². The van der Waals surface area contributed by atoms with Gasteiger partial charge in [-0.3, -0.25) is 9.59 Å². The molecular weight excluding hydrogens is 158 g/mol. The number of Topliss-reactive ketones (excluding diaryl/α,β-unsaturated/α-hetero) is 1. The third-order valence-corrected chi connectivity index (χ3v) is 1.29. The Hall–Kier alpha value is -1.26. The highest BCUT2D eigenvalue weighted by Gasteiger charge is 2.23. The van der Waals surface area contributed by atoms with E-state index in [2.05, 4.69) is 10.2 Å². The number of hydrogen-bond donors (Lipinski definition) is 0. The number of carbonyl (C=O) groups is 2. The topological polar surface area (TPSA) is 62.1 Å². The summed E-state index contributed by atoms with van der Waals surface area (Å²) in [6.07, 6.45) is 0. The van der Waals surface area contributed by atoms with Gasteiger partial charge < -0.3 is 4.90 Å². The van der Waals surface area contributed by atoms with Crippen LogP contribution in [0.5, 0.6) is 0 Å². The molecule has 0 aliphatic rings. The Morgan fingerprint density at radius 2 is 1.83 bits per heavy atom. The largest absolute Gasteiger partial charge is 0.347 e. The van der Waals surface area contributed by atoms with E-state index in [0.717, 1.165) is 0 Å². The van der Waals surface area contributed by atoms with Gasteiger partial charge in [-0.25, -0.2) is 0 Å². The molecule has 5 nitrogen and oxygen atoms in total. The highest BCUT2D eigenvalue weighted by atomic mass is 16.2. The molecule has 0 spiro atoms. The second-order valence-electron chi connectivity index (χ2n) is 2.56. The van der Waals surface area contributed by atoms with Crippen molar-refractivity contribution in [2.75, 3.05) is 21.1 Å². The smallest absolute Gasteiger partial charge is 0.256 e. The SMILES string of the molecule is CN=NC(C(C)=O)C(=O)N(C)C. The summed E-state index contributed by atoms with van der Waals surface area (Å²) in [5, 5.41) is 6.95. The van der Waals surface area contributed by atoms with Gasteiger partial charge in [0.15, 0.2) is 5.78 Å². The van der Waals surface area contributed by atoms with E-state index in [0.29, 0.717) is 0 Å². The fourth-order valence-electron chi connectivity index (χ4n) is 0.665. The van der Waals surface area contributed by atoms with Gasteiger partial charge in [0.1, 0.15) is 0 Å². The maximum absolute atomic E-state index is 11.2. The minimum absolute atomic E-state index is 0.292. The molecule has 5 heteroatoms. The fourth-order valence-corrected chi connectivity index (χ4v) is 0.665. The van der Waals surface area contributed by atoms with Gasteiger partial charge >= 0.3 is 0 Å². The normalized spacial score (nSPS) is 13.0. The molecule has 12 heavy (non-hydrogen) atoms. The molecule has 0 saturated heterocycles. The van der Waals surface area contributed by atoms with E-state index >= 15 is 0 Å². The Bertz CT molecular complexity index is 211. The monoisotopic (exact) mass is 171 g/mol. The lowest BCUT2D eigenvalue weighted by molar-refractivity contribution is -0.134. The first-order valence-electron chi connectivity index (χ1n) is 3.51. The number of hydrogen-bond acceptors (Lipinski definition) is 4. The molecule has 68 valence electrons. The zero-order chi connectivity index (χ0) is 9.72. The van der Waals surface area contributed by atoms with Crippen LogP contribution in [0.25, 0.3) is 0 Å². The van der Waals surface area contributed by atoms with Crippen molar-refractivity contribution in [3.8, 4) is 0 Å². The quantitative estimate of drug-likeness (QED) is 0.447. The molecule has 0 aromatic heterocycles. The third-order valence-electron chi connectivity index (χ3n) is 1.29. The van der Waals surface area contributed by atoms with Crippen LogP contribution in [-0.2, 0) is 9.59 Å². The van der Waals surface area contributed by atoms with E-state index in [1.165, 1.54) is 18.9 Å². The van der Waals surface area contributed by atoms with Crippen molar-refractivity contribution in [1.29, 1.82) is 0 Å². The molecule has 0 fully saturated rings. The van der Waals surface area contributed by atoms with Crippen LogP contribution in [0.1, 0.15) is 6.92 Å².